The first-order valence-corrected chi connectivity index (χ1v) is 18.9. The first kappa shape index (κ1) is 36.3. The van der Waals surface area contributed by atoms with Gasteiger partial charge in [0.05, 0.1) is 21.0 Å². The Morgan fingerprint density at radius 2 is 1.76 bits per heavy atom. The summed E-state index contributed by atoms with van der Waals surface area (Å²) in [6, 6.07) is 6.12. The molecule has 45 heavy (non-hydrogen) atoms. The summed E-state index contributed by atoms with van der Waals surface area (Å²) in [5.74, 6) is 1.58. The number of imide groups is 1. The fourth-order valence-corrected chi connectivity index (χ4v) is 8.11. The molecule has 3 amide bonds. The molecule has 1 N–H and O–H groups in total. The Morgan fingerprint density at radius 3 is 2.51 bits per heavy atom. The number of rotatable bonds is 18. The quantitative estimate of drug-likeness (QED) is 0.141. The fourth-order valence-electron chi connectivity index (χ4n) is 6.59. The minimum absolute atomic E-state index is 0.0467. The largest absolute Gasteiger partial charge is 0.381 e. The molecule has 3 aliphatic rings. The smallest absolute Gasteiger partial charge is 0.242 e. The van der Waals surface area contributed by atoms with Crippen molar-refractivity contribution in [3.8, 4) is 0 Å². The van der Waals surface area contributed by atoms with Crippen LogP contribution in [0.2, 0.25) is 10.0 Å². The molecule has 4 rings (SSSR count). The van der Waals surface area contributed by atoms with Gasteiger partial charge in [-0.15, -0.1) is 11.8 Å². The first-order valence-electron chi connectivity index (χ1n) is 17.1. The minimum atomic E-state index is -0.249. The zero-order chi connectivity index (χ0) is 32.0. The molecule has 3 fully saturated rings. The molecule has 1 atom stereocenters. The Bertz CT molecular complexity index is 1100. The van der Waals surface area contributed by atoms with Gasteiger partial charge in [-0.25, -0.2) is 0 Å². The Balaban J connectivity index is 1.01. The molecule has 0 bridgehead atoms. The molecular weight excluding hydrogens is 631 g/mol. The summed E-state index contributed by atoms with van der Waals surface area (Å²) in [5.41, 5.74) is 1.03. The summed E-state index contributed by atoms with van der Waals surface area (Å²) < 4.78 is 5.49. The van der Waals surface area contributed by atoms with Crippen LogP contribution in [0.15, 0.2) is 18.2 Å². The number of amides is 3. The molecule has 2 saturated heterocycles. The molecule has 252 valence electrons. The maximum atomic E-state index is 12.7. The summed E-state index contributed by atoms with van der Waals surface area (Å²) in [7, 11) is 0. The van der Waals surface area contributed by atoms with E-state index in [1.54, 1.807) is 11.8 Å². The predicted octanol–water partition coefficient (Wildman–Crippen LogP) is 6.42. The van der Waals surface area contributed by atoms with Gasteiger partial charge in [-0.3, -0.25) is 24.2 Å². The number of thioether (sulfide) groups is 1. The van der Waals surface area contributed by atoms with E-state index in [9.17, 15) is 14.4 Å². The van der Waals surface area contributed by atoms with Crippen LogP contribution in [0.25, 0.3) is 0 Å². The highest BCUT2D eigenvalue weighted by atomic mass is 35.5. The number of unbranched alkanes of at least 4 members (excludes halogenated alkanes) is 2. The lowest BCUT2D eigenvalue weighted by Crippen LogP contribution is -2.47. The van der Waals surface area contributed by atoms with Gasteiger partial charge < -0.3 is 15.0 Å². The number of carbonyl (C=O) groups excluding carboxylic acids is 3. The average molecular weight is 684 g/mol. The zero-order valence-corrected chi connectivity index (χ0v) is 29.3. The van der Waals surface area contributed by atoms with Crippen LogP contribution < -0.4 is 10.2 Å². The van der Waals surface area contributed by atoms with E-state index in [0.29, 0.717) is 36.0 Å². The maximum Gasteiger partial charge on any atom is 0.242 e. The molecular formula is C34H52Cl2N4O4S. The Morgan fingerprint density at radius 1 is 0.978 bits per heavy atom. The van der Waals surface area contributed by atoms with Crippen molar-refractivity contribution >= 4 is 58.4 Å². The normalized spacial score (nSPS) is 22.8. The molecule has 2 aliphatic heterocycles. The van der Waals surface area contributed by atoms with Crippen molar-refractivity contribution in [3.63, 3.8) is 0 Å². The van der Waals surface area contributed by atoms with Crippen LogP contribution in [0.3, 0.4) is 0 Å². The average Bonchev–Trinajstić information content (AvgIpc) is 3.31. The summed E-state index contributed by atoms with van der Waals surface area (Å²) in [6.07, 6.45) is 10.8. The molecule has 1 aliphatic carbocycles. The molecule has 11 heteroatoms. The van der Waals surface area contributed by atoms with Crippen molar-refractivity contribution in [2.24, 2.45) is 5.92 Å². The highest BCUT2D eigenvalue weighted by Crippen LogP contribution is 2.33. The summed E-state index contributed by atoms with van der Waals surface area (Å²) >= 11 is 14.2. The van der Waals surface area contributed by atoms with Crippen LogP contribution in [-0.4, -0.2) is 97.0 Å². The number of piperazine rings is 1. The SMILES string of the molecule is CCCOCCCSC1CC(=O)N(CCCCCC(=O)N[C@H]2CC[C@H](CCN3CCN(c4cccc(Cl)c4Cl)CC3)CC2)C1=O. The number of halogens is 2. The first-order chi connectivity index (χ1) is 21.9. The summed E-state index contributed by atoms with van der Waals surface area (Å²) in [5, 5.41) is 4.26. The Kier molecular flexibility index (Phi) is 15.6. The lowest BCUT2D eigenvalue weighted by molar-refractivity contribution is -0.138. The van der Waals surface area contributed by atoms with Crippen molar-refractivity contribution in [1.29, 1.82) is 0 Å². The monoisotopic (exact) mass is 682 g/mol. The molecule has 0 aromatic heterocycles. The van der Waals surface area contributed by atoms with Crippen LogP contribution >= 0.6 is 35.0 Å². The van der Waals surface area contributed by atoms with Crippen molar-refractivity contribution in [3.05, 3.63) is 28.2 Å². The molecule has 0 radical (unpaired) electrons. The van der Waals surface area contributed by atoms with Gasteiger partial charge in [0.15, 0.2) is 0 Å². The third kappa shape index (κ3) is 11.6. The third-order valence-corrected chi connectivity index (χ3v) is 11.4. The third-order valence-electron chi connectivity index (χ3n) is 9.30. The molecule has 1 aromatic carbocycles. The van der Waals surface area contributed by atoms with Crippen LogP contribution in [0.4, 0.5) is 5.69 Å². The van der Waals surface area contributed by atoms with Gasteiger partial charge >= 0.3 is 0 Å². The number of nitrogens with one attached hydrogen (secondary N) is 1. The second kappa shape index (κ2) is 19.3. The Hall–Kier alpha value is -1.52. The molecule has 1 unspecified atom stereocenters. The van der Waals surface area contributed by atoms with Crippen molar-refractivity contribution < 1.29 is 19.1 Å². The second-order valence-electron chi connectivity index (χ2n) is 12.7. The number of ether oxygens (including phenoxy) is 1. The molecule has 2 heterocycles. The molecule has 1 saturated carbocycles. The highest BCUT2D eigenvalue weighted by molar-refractivity contribution is 8.00. The standard InChI is InChI=1S/C34H52Cl2N4O4S/c1-2-22-44-23-7-24-45-30-25-32(42)40(34(30)43)16-5-3-4-10-31(41)37-27-13-11-26(12-14-27)15-17-38-18-20-39(21-19-38)29-9-6-8-28(35)33(29)36/h6,8-9,26-27,30H,2-5,7,10-25H2,1H3,(H,37,41)/t26-,27-,30?. The highest BCUT2D eigenvalue weighted by Gasteiger charge is 2.38. The molecule has 8 nitrogen and oxygen atoms in total. The zero-order valence-electron chi connectivity index (χ0n) is 27.0. The van der Waals surface area contributed by atoms with Crippen molar-refractivity contribution in [2.45, 2.75) is 95.3 Å². The predicted molar refractivity (Wildman–Crippen MR) is 185 cm³/mol. The van der Waals surface area contributed by atoms with E-state index in [0.717, 1.165) is 102 Å². The topological polar surface area (TPSA) is 82.2 Å². The summed E-state index contributed by atoms with van der Waals surface area (Å²) in [4.78, 5) is 44.0. The van der Waals surface area contributed by atoms with Gasteiger partial charge in [0.25, 0.3) is 0 Å². The van der Waals surface area contributed by atoms with E-state index in [-0.39, 0.29) is 29.0 Å². The second-order valence-corrected chi connectivity index (χ2v) is 14.8. The number of benzene rings is 1. The number of carbonyl (C=O) groups is 3. The Labute approximate surface area is 284 Å². The van der Waals surface area contributed by atoms with Gasteiger partial charge in [-0.2, -0.15) is 0 Å². The van der Waals surface area contributed by atoms with E-state index < -0.39 is 0 Å². The lowest BCUT2D eigenvalue weighted by Gasteiger charge is -2.37. The number of anilines is 1. The van der Waals surface area contributed by atoms with Crippen LogP contribution in [0.5, 0.6) is 0 Å². The fraction of sp³-hybridized carbons (Fsp3) is 0.735. The van der Waals surface area contributed by atoms with Gasteiger partial charge in [0.1, 0.15) is 0 Å². The lowest BCUT2D eigenvalue weighted by atomic mass is 9.84. The van der Waals surface area contributed by atoms with E-state index >= 15 is 0 Å². The van der Waals surface area contributed by atoms with Crippen LogP contribution in [-0.2, 0) is 19.1 Å². The van der Waals surface area contributed by atoms with Gasteiger partial charge in [-0.05, 0) is 88.1 Å². The maximum absolute atomic E-state index is 12.7. The molecule has 1 aromatic rings. The van der Waals surface area contributed by atoms with E-state index in [4.69, 9.17) is 27.9 Å². The van der Waals surface area contributed by atoms with Crippen molar-refractivity contribution in [2.75, 3.05) is 63.1 Å². The number of likely N-dealkylation sites (tertiary alicyclic amines) is 1. The van der Waals surface area contributed by atoms with Crippen molar-refractivity contribution in [1.82, 2.24) is 15.1 Å². The van der Waals surface area contributed by atoms with Gasteiger partial charge in [-0.1, -0.05) is 42.6 Å². The van der Waals surface area contributed by atoms with Crippen LogP contribution in [0, 0.1) is 5.92 Å². The van der Waals surface area contributed by atoms with Crippen LogP contribution in [0.1, 0.15) is 84.0 Å². The van der Waals surface area contributed by atoms with E-state index in [2.05, 4.69) is 22.0 Å². The van der Waals surface area contributed by atoms with Gasteiger partial charge in [0, 0.05) is 64.8 Å². The number of hydrogen-bond donors (Lipinski definition) is 1. The van der Waals surface area contributed by atoms with Gasteiger partial charge in [0.2, 0.25) is 17.7 Å². The van der Waals surface area contributed by atoms with E-state index in [1.807, 2.05) is 18.2 Å². The molecule has 0 spiro atoms. The van der Waals surface area contributed by atoms with E-state index in [1.165, 1.54) is 24.2 Å². The minimum Gasteiger partial charge on any atom is -0.381 e. The number of hydrogen-bond acceptors (Lipinski definition) is 7. The summed E-state index contributed by atoms with van der Waals surface area (Å²) in [6.45, 7) is 9.14. The number of nitrogens with zero attached hydrogens (tertiary/aromatic N) is 3.